The molecule has 1 atom stereocenters. The van der Waals surface area contributed by atoms with Gasteiger partial charge < -0.3 is 5.32 Å². The van der Waals surface area contributed by atoms with Gasteiger partial charge in [-0.2, -0.15) is 0 Å². The Hall–Kier alpha value is -1.20. The van der Waals surface area contributed by atoms with Gasteiger partial charge in [0.15, 0.2) is 0 Å². The van der Waals surface area contributed by atoms with Crippen LogP contribution in [0.25, 0.3) is 0 Å². The standard InChI is InChI=1S/C16H17BrN2OS/c17-14-9-3-7-12(18-14)16(20)19-15(11-5-1-2-6-11)13-8-4-10-21-13/h3-4,7-11,15H,1-2,5-6H2,(H,19,20). The summed E-state index contributed by atoms with van der Waals surface area (Å²) in [6.07, 6.45) is 4.90. The van der Waals surface area contributed by atoms with Crippen molar-refractivity contribution in [2.75, 3.05) is 0 Å². The number of carbonyl (C=O) groups is 1. The van der Waals surface area contributed by atoms with E-state index in [4.69, 9.17) is 0 Å². The van der Waals surface area contributed by atoms with E-state index in [0.29, 0.717) is 16.2 Å². The highest BCUT2D eigenvalue weighted by molar-refractivity contribution is 9.10. The number of hydrogen-bond donors (Lipinski definition) is 1. The van der Waals surface area contributed by atoms with Crippen LogP contribution in [0.2, 0.25) is 0 Å². The fraction of sp³-hybridized carbons (Fsp3) is 0.375. The first-order valence-electron chi connectivity index (χ1n) is 7.21. The number of hydrogen-bond acceptors (Lipinski definition) is 3. The number of rotatable bonds is 4. The first-order valence-corrected chi connectivity index (χ1v) is 8.88. The highest BCUT2D eigenvalue weighted by Crippen LogP contribution is 2.37. The van der Waals surface area contributed by atoms with E-state index in [1.54, 1.807) is 17.4 Å². The van der Waals surface area contributed by atoms with Gasteiger partial charge in [0, 0.05) is 4.88 Å². The van der Waals surface area contributed by atoms with E-state index in [-0.39, 0.29) is 11.9 Å². The van der Waals surface area contributed by atoms with E-state index in [1.165, 1.54) is 30.6 Å². The van der Waals surface area contributed by atoms with Gasteiger partial charge in [0.05, 0.1) is 6.04 Å². The van der Waals surface area contributed by atoms with Crippen molar-refractivity contribution < 1.29 is 4.79 Å². The quantitative estimate of drug-likeness (QED) is 0.807. The molecule has 2 aromatic heterocycles. The fourth-order valence-corrected chi connectivity index (χ4v) is 4.14. The van der Waals surface area contributed by atoms with E-state index in [2.05, 4.69) is 37.7 Å². The lowest BCUT2D eigenvalue weighted by atomic mass is 9.96. The summed E-state index contributed by atoms with van der Waals surface area (Å²) in [5.41, 5.74) is 0.462. The van der Waals surface area contributed by atoms with Crippen LogP contribution in [0.5, 0.6) is 0 Å². The molecule has 0 spiro atoms. The molecule has 21 heavy (non-hydrogen) atoms. The summed E-state index contributed by atoms with van der Waals surface area (Å²) >= 11 is 5.03. The normalized spacial score (nSPS) is 16.8. The minimum Gasteiger partial charge on any atom is -0.343 e. The summed E-state index contributed by atoms with van der Waals surface area (Å²) in [5, 5.41) is 5.26. The van der Waals surface area contributed by atoms with Crippen molar-refractivity contribution in [2.24, 2.45) is 5.92 Å². The Kier molecular flexibility index (Phi) is 4.70. The Labute approximate surface area is 136 Å². The van der Waals surface area contributed by atoms with Gasteiger partial charge in [0.1, 0.15) is 10.3 Å². The second-order valence-corrected chi connectivity index (χ2v) is 7.15. The number of thiophene rings is 1. The number of amides is 1. The lowest BCUT2D eigenvalue weighted by molar-refractivity contribution is 0.0917. The minimum absolute atomic E-state index is 0.0957. The van der Waals surface area contributed by atoms with Crippen molar-refractivity contribution in [3.8, 4) is 0 Å². The van der Waals surface area contributed by atoms with Crippen molar-refractivity contribution in [1.29, 1.82) is 0 Å². The molecule has 1 aliphatic rings. The minimum atomic E-state index is -0.0957. The SMILES string of the molecule is O=C(NC(c1cccs1)C1CCCC1)c1cccc(Br)n1. The Morgan fingerprint density at radius 1 is 1.29 bits per heavy atom. The van der Waals surface area contributed by atoms with Crippen molar-refractivity contribution in [3.63, 3.8) is 0 Å². The molecule has 1 unspecified atom stereocenters. The third-order valence-electron chi connectivity index (χ3n) is 3.96. The van der Waals surface area contributed by atoms with Crippen LogP contribution in [-0.2, 0) is 0 Å². The Morgan fingerprint density at radius 3 is 2.76 bits per heavy atom. The predicted octanol–water partition coefficient (Wildman–Crippen LogP) is 4.57. The molecule has 1 N–H and O–H groups in total. The molecule has 1 amide bonds. The molecule has 0 aromatic carbocycles. The molecule has 3 nitrogen and oxygen atoms in total. The molecule has 3 rings (SSSR count). The summed E-state index contributed by atoms with van der Waals surface area (Å²) < 4.78 is 0.684. The van der Waals surface area contributed by atoms with Crippen LogP contribution in [-0.4, -0.2) is 10.9 Å². The highest BCUT2D eigenvalue weighted by Gasteiger charge is 2.28. The summed E-state index contributed by atoms with van der Waals surface area (Å²) in [6, 6.07) is 9.68. The van der Waals surface area contributed by atoms with Crippen LogP contribution in [0, 0.1) is 5.92 Å². The molecule has 110 valence electrons. The molecule has 2 heterocycles. The molecule has 0 saturated heterocycles. The van der Waals surface area contributed by atoms with Gasteiger partial charge in [0.2, 0.25) is 0 Å². The zero-order chi connectivity index (χ0) is 14.7. The highest BCUT2D eigenvalue weighted by atomic mass is 79.9. The summed E-state index contributed by atoms with van der Waals surface area (Å²) in [4.78, 5) is 18.0. The lowest BCUT2D eigenvalue weighted by Gasteiger charge is -2.23. The maximum absolute atomic E-state index is 12.5. The van der Waals surface area contributed by atoms with Gasteiger partial charge in [-0.3, -0.25) is 4.79 Å². The zero-order valence-electron chi connectivity index (χ0n) is 11.6. The summed E-state index contributed by atoms with van der Waals surface area (Å²) in [6.45, 7) is 0. The number of carbonyl (C=O) groups excluding carboxylic acids is 1. The van der Waals surface area contributed by atoms with Crippen molar-refractivity contribution >= 4 is 33.2 Å². The Morgan fingerprint density at radius 2 is 2.10 bits per heavy atom. The van der Waals surface area contributed by atoms with Crippen LogP contribution in [0.4, 0.5) is 0 Å². The molecule has 1 aliphatic carbocycles. The molecule has 0 bridgehead atoms. The van der Waals surface area contributed by atoms with Crippen molar-refractivity contribution in [1.82, 2.24) is 10.3 Å². The third kappa shape index (κ3) is 3.52. The molecule has 5 heteroatoms. The van der Waals surface area contributed by atoms with E-state index in [1.807, 2.05) is 18.2 Å². The second-order valence-electron chi connectivity index (χ2n) is 5.36. The third-order valence-corrected chi connectivity index (χ3v) is 5.35. The molecule has 1 fully saturated rings. The largest absolute Gasteiger partial charge is 0.343 e. The molecular weight excluding hydrogens is 348 g/mol. The van der Waals surface area contributed by atoms with Crippen LogP contribution < -0.4 is 5.32 Å². The van der Waals surface area contributed by atoms with Gasteiger partial charge in [-0.15, -0.1) is 11.3 Å². The summed E-state index contributed by atoms with van der Waals surface area (Å²) in [5.74, 6) is 0.446. The Bertz CT molecular complexity index is 608. The maximum atomic E-state index is 12.5. The van der Waals surface area contributed by atoms with E-state index in [9.17, 15) is 4.79 Å². The maximum Gasteiger partial charge on any atom is 0.270 e. The Balaban J connectivity index is 1.79. The molecular formula is C16H17BrN2OS. The number of pyridine rings is 1. The molecule has 2 aromatic rings. The molecule has 0 radical (unpaired) electrons. The van der Waals surface area contributed by atoms with E-state index < -0.39 is 0 Å². The van der Waals surface area contributed by atoms with Crippen molar-refractivity contribution in [3.05, 3.63) is 50.9 Å². The topological polar surface area (TPSA) is 42.0 Å². The predicted molar refractivity (Wildman–Crippen MR) is 88.4 cm³/mol. The van der Waals surface area contributed by atoms with Gasteiger partial charge in [-0.25, -0.2) is 4.98 Å². The first-order chi connectivity index (χ1) is 10.2. The van der Waals surface area contributed by atoms with Crippen LogP contribution in [0.1, 0.15) is 47.1 Å². The van der Waals surface area contributed by atoms with Gasteiger partial charge in [-0.05, 0) is 58.3 Å². The van der Waals surface area contributed by atoms with Crippen LogP contribution in [0.15, 0.2) is 40.3 Å². The van der Waals surface area contributed by atoms with E-state index in [0.717, 1.165) is 0 Å². The van der Waals surface area contributed by atoms with Gasteiger partial charge >= 0.3 is 0 Å². The average Bonchev–Trinajstić information content (AvgIpc) is 3.18. The smallest absolute Gasteiger partial charge is 0.270 e. The lowest BCUT2D eigenvalue weighted by Crippen LogP contribution is -2.32. The number of nitrogens with zero attached hydrogens (tertiary/aromatic N) is 1. The fourth-order valence-electron chi connectivity index (χ4n) is 2.93. The zero-order valence-corrected chi connectivity index (χ0v) is 14.0. The molecule has 0 aliphatic heterocycles. The second kappa shape index (κ2) is 6.71. The number of halogens is 1. The van der Waals surface area contributed by atoms with E-state index >= 15 is 0 Å². The number of aromatic nitrogens is 1. The van der Waals surface area contributed by atoms with Crippen molar-refractivity contribution in [2.45, 2.75) is 31.7 Å². The molecule has 1 saturated carbocycles. The monoisotopic (exact) mass is 364 g/mol. The first kappa shape index (κ1) is 14.7. The number of nitrogens with one attached hydrogen (secondary N) is 1. The van der Waals surface area contributed by atoms with Crippen LogP contribution in [0.3, 0.4) is 0 Å². The van der Waals surface area contributed by atoms with Gasteiger partial charge in [0.25, 0.3) is 5.91 Å². The van der Waals surface area contributed by atoms with Gasteiger partial charge in [-0.1, -0.05) is 25.0 Å². The van der Waals surface area contributed by atoms with Crippen LogP contribution >= 0.6 is 27.3 Å². The summed E-state index contributed by atoms with van der Waals surface area (Å²) in [7, 11) is 0. The average molecular weight is 365 g/mol.